The van der Waals surface area contributed by atoms with Gasteiger partial charge in [-0.05, 0) is 91.2 Å². The van der Waals surface area contributed by atoms with Crippen LogP contribution in [0.2, 0.25) is 20.1 Å². The maximum atomic E-state index is 13.7. The summed E-state index contributed by atoms with van der Waals surface area (Å²) in [5.74, 6) is -0.336. The van der Waals surface area contributed by atoms with Crippen molar-refractivity contribution in [2.45, 2.75) is 38.6 Å². The predicted octanol–water partition coefficient (Wildman–Crippen LogP) is 9.20. The Morgan fingerprint density at radius 1 is 0.939 bits per heavy atom. The molecule has 254 valence electrons. The molecule has 4 N–H and O–H groups in total. The molecule has 11 nitrogen and oxygen atoms in total. The van der Waals surface area contributed by atoms with Crippen molar-refractivity contribution in [2.75, 3.05) is 16.9 Å². The van der Waals surface area contributed by atoms with Crippen molar-refractivity contribution < 1.29 is 24.5 Å². The monoisotopic (exact) mass is 742 g/mol. The van der Waals surface area contributed by atoms with Gasteiger partial charge in [-0.1, -0.05) is 66.2 Å². The largest absolute Gasteiger partial charge is 0.508 e. The number of halogens is 4. The molecule has 0 bridgehead atoms. The molecule has 15 heteroatoms. The third-order valence-corrected chi connectivity index (χ3v) is 8.34. The summed E-state index contributed by atoms with van der Waals surface area (Å²) in [6.45, 7) is 1.81. The van der Waals surface area contributed by atoms with Gasteiger partial charge in [-0.15, -0.1) is 0 Å². The molecular weight excluding hydrogens is 714 g/mol. The first kappa shape index (κ1) is 35.7. The summed E-state index contributed by atoms with van der Waals surface area (Å²) in [5, 5.41) is 32.7. The number of hydrogen-bond acceptors (Lipinski definition) is 8. The van der Waals surface area contributed by atoms with Gasteiger partial charge in [0.25, 0.3) is 11.8 Å². The second-order valence-electron chi connectivity index (χ2n) is 10.9. The number of rotatable bonds is 12. The first-order valence-corrected chi connectivity index (χ1v) is 16.6. The molecule has 0 spiro atoms. The number of aliphatic imine (C=N–C) groups is 1. The van der Waals surface area contributed by atoms with Crippen molar-refractivity contribution in [3.8, 4) is 17.2 Å². The summed E-state index contributed by atoms with van der Waals surface area (Å²) in [4.78, 5) is 31.1. The van der Waals surface area contributed by atoms with Crippen LogP contribution in [0.15, 0.2) is 88.0 Å². The highest BCUT2D eigenvalue weighted by Gasteiger charge is 2.41. The highest BCUT2D eigenvalue weighted by atomic mass is 35.5. The van der Waals surface area contributed by atoms with Crippen LogP contribution in [-0.4, -0.2) is 40.5 Å². The smallest absolute Gasteiger partial charge is 0.280 e. The summed E-state index contributed by atoms with van der Waals surface area (Å²) in [5.41, 5.74) is 4.71. The Hall–Kier alpha value is -4.55. The lowest BCUT2D eigenvalue weighted by molar-refractivity contribution is -0.118. The summed E-state index contributed by atoms with van der Waals surface area (Å²) in [6, 6.07) is 17.0. The number of ether oxygens (including phenoxy) is 1. The van der Waals surface area contributed by atoms with Crippen molar-refractivity contribution in [1.29, 1.82) is 0 Å². The Morgan fingerprint density at radius 3 is 2.39 bits per heavy atom. The first-order chi connectivity index (χ1) is 23.5. The lowest BCUT2D eigenvalue weighted by Gasteiger charge is -2.19. The third kappa shape index (κ3) is 9.12. The molecule has 0 aliphatic carbocycles. The van der Waals surface area contributed by atoms with Gasteiger partial charge in [-0.3, -0.25) is 15.0 Å². The number of hydrogen-bond donors (Lipinski definition) is 4. The minimum absolute atomic E-state index is 0.0328. The van der Waals surface area contributed by atoms with Gasteiger partial charge >= 0.3 is 0 Å². The molecule has 1 fully saturated rings. The van der Waals surface area contributed by atoms with Crippen LogP contribution in [0.3, 0.4) is 0 Å². The van der Waals surface area contributed by atoms with Crippen molar-refractivity contribution >= 4 is 86.8 Å². The molecule has 1 aliphatic rings. The van der Waals surface area contributed by atoms with Crippen LogP contribution < -0.4 is 20.5 Å². The lowest BCUT2D eigenvalue weighted by atomic mass is 10.1. The number of azo groups is 1. The molecule has 1 atom stereocenters. The van der Waals surface area contributed by atoms with Gasteiger partial charge in [0.2, 0.25) is 6.04 Å². The number of phenolic OH excluding ortho intramolecular Hbond substituents is 2. The molecule has 2 amide bonds. The number of phenols is 2. The minimum Gasteiger partial charge on any atom is -0.508 e. The number of nitrogens with one attached hydrogen (secondary N) is 2. The van der Waals surface area contributed by atoms with Crippen LogP contribution in [0.25, 0.3) is 0 Å². The van der Waals surface area contributed by atoms with Gasteiger partial charge in [0.1, 0.15) is 22.9 Å². The van der Waals surface area contributed by atoms with E-state index < -0.39 is 17.9 Å². The van der Waals surface area contributed by atoms with Crippen LogP contribution >= 0.6 is 46.4 Å². The van der Waals surface area contributed by atoms with E-state index in [9.17, 15) is 19.8 Å². The molecule has 4 aromatic rings. The van der Waals surface area contributed by atoms with E-state index in [0.717, 1.165) is 29.8 Å². The zero-order valence-corrected chi connectivity index (χ0v) is 29.0. The maximum absolute atomic E-state index is 13.7. The molecule has 1 heterocycles. The van der Waals surface area contributed by atoms with E-state index in [1.165, 1.54) is 48.5 Å². The number of unbranched alkanes of at least 4 members (excludes halogenated alkanes) is 2. The molecule has 4 aromatic carbocycles. The van der Waals surface area contributed by atoms with E-state index in [1.54, 1.807) is 24.3 Å². The molecule has 0 saturated carbocycles. The standard InChI is InChI=1S/C34H30Cl4N6O5/c1-2-3-4-5-19-14-24(11-13-29(19)46)49-18-30(47)39-22-8-12-25(36)28(17-22)40-33-31(42-41-21-6-9-23(45)10-7-21)34(48)44(43-33)32-26(37)15-20(35)16-27(32)38/h6-17,31,45-46H,2-5,18H2,1H3,(H,39,47)(H,40,43). The van der Waals surface area contributed by atoms with E-state index in [-0.39, 0.29) is 55.4 Å². The highest BCUT2D eigenvalue weighted by Crippen LogP contribution is 2.38. The number of carbonyl (C=O) groups excluding carboxylic acids is 2. The van der Waals surface area contributed by atoms with Crippen LogP contribution in [0, 0.1) is 0 Å². The topological polar surface area (TPSA) is 148 Å². The Labute approximate surface area is 302 Å². The first-order valence-electron chi connectivity index (χ1n) is 15.1. The number of benzene rings is 4. The molecular formula is C34H30Cl4N6O5. The third-order valence-electron chi connectivity index (χ3n) is 7.22. The quantitative estimate of drug-likeness (QED) is 0.0840. The van der Waals surface area contributed by atoms with E-state index in [0.29, 0.717) is 23.5 Å². The molecule has 1 saturated heterocycles. The zero-order valence-electron chi connectivity index (χ0n) is 26.0. The lowest BCUT2D eigenvalue weighted by Crippen LogP contribution is -2.36. The highest BCUT2D eigenvalue weighted by molar-refractivity contribution is 6.43. The maximum Gasteiger partial charge on any atom is 0.280 e. The number of aryl methyl sites for hydroxylation is 1. The molecule has 1 aliphatic heterocycles. The second kappa shape index (κ2) is 16.2. The molecule has 1 unspecified atom stereocenters. The number of hydrazine groups is 1. The van der Waals surface area contributed by atoms with E-state index in [1.807, 2.05) is 0 Å². The number of aromatic hydroxyl groups is 2. The summed E-state index contributed by atoms with van der Waals surface area (Å²) in [7, 11) is 0. The van der Waals surface area contributed by atoms with Crippen molar-refractivity contribution in [2.24, 2.45) is 15.2 Å². The van der Waals surface area contributed by atoms with Crippen LogP contribution in [-0.2, 0) is 16.0 Å². The molecule has 0 radical (unpaired) electrons. The molecule has 49 heavy (non-hydrogen) atoms. The van der Waals surface area contributed by atoms with Crippen LogP contribution in [0.4, 0.5) is 22.7 Å². The van der Waals surface area contributed by atoms with E-state index >= 15 is 0 Å². The van der Waals surface area contributed by atoms with Crippen molar-refractivity contribution in [1.82, 2.24) is 5.43 Å². The normalized spacial score (nSPS) is 15.2. The Kier molecular flexibility index (Phi) is 11.8. The average Bonchev–Trinajstić information content (AvgIpc) is 3.35. The molecule has 5 rings (SSSR count). The van der Waals surface area contributed by atoms with Crippen LogP contribution in [0.1, 0.15) is 31.7 Å². The Morgan fingerprint density at radius 2 is 1.67 bits per heavy atom. The van der Waals surface area contributed by atoms with Gasteiger partial charge in [0.05, 0.1) is 26.4 Å². The van der Waals surface area contributed by atoms with Crippen molar-refractivity contribution in [3.05, 3.63) is 98.5 Å². The summed E-state index contributed by atoms with van der Waals surface area (Å²) < 4.78 is 5.68. The number of amides is 2. The van der Waals surface area contributed by atoms with Crippen molar-refractivity contribution in [3.63, 3.8) is 0 Å². The minimum atomic E-state index is -1.28. The summed E-state index contributed by atoms with van der Waals surface area (Å²) >= 11 is 25.4. The predicted molar refractivity (Wildman–Crippen MR) is 193 cm³/mol. The Balaban J connectivity index is 1.37. The second-order valence-corrected chi connectivity index (χ2v) is 12.5. The van der Waals surface area contributed by atoms with Gasteiger partial charge in [0.15, 0.2) is 12.4 Å². The van der Waals surface area contributed by atoms with E-state index in [4.69, 9.17) is 51.1 Å². The van der Waals surface area contributed by atoms with Gasteiger partial charge in [-0.25, -0.2) is 10.0 Å². The number of carbonyl (C=O) groups is 2. The molecule has 0 aromatic heterocycles. The number of anilines is 2. The summed E-state index contributed by atoms with van der Waals surface area (Å²) in [6.07, 6.45) is 3.74. The SMILES string of the molecule is CCCCCc1cc(OCC(=O)Nc2ccc(Cl)c(N=C3NN(c4c(Cl)cc(Cl)cc4Cl)C(=O)C3N=Nc3ccc(O)cc3)c2)ccc1O. The van der Waals surface area contributed by atoms with Crippen LogP contribution in [0.5, 0.6) is 17.2 Å². The zero-order chi connectivity index (χ0) is 35.1. The fourth-order valence-corrected chi connectivity index (χ4v) is 5.93. The Bertz CT molecular complexity index is 1900. The number of amidine groups is 1. The van der Waals surface area contributed by atoms with Gasteiger partial charge in [-0.2, -0.15) is 10.2 Å². The fraction of sp³-hybridized carbons (Fsp3) is 0.206. The number of nitrogens with zero attached hydrogens (tertiary/aromatic N) is 4. The van der Waals surface area contributed by atoms with E-state index in [2.05, 4.69) is 32.9 Å². The average molecular weight is 744 g/mol. The van der Waals surface area contributed by atoms with Gasteiger partial charge < -0.3 is 20.3 Å². The fourth-order valence-electron chi connectivity index (χ4n) is 4.79. The van der Waals surface area contributed by atoms with Gasteiger partial charge in [0, 0.05) is 10.7 Å².